The molecule has 0 fully saturated rings. The van der Waals surface area contributed by atoms with Crippen molar-refractivity contribution in [1.82, 2.24) is 14.8 Å². The minimum atomic E-state index is -4.58. The second kappa shape index (κ2) is 6.15. The van der Waals surface area contributed by atoms with E-state index in [2.05, 4.69) is 10.1 Å². The van der Waals surface area contributed by atoms with Crippen LogP contribution in [0.5, 0.6) is 11.6 Å². The highest BCUT2D eigenvalue weighted by Gasteiger charge is 2.34. The number of halogens is 5. The molecule has 0 aliphatic carbocycles. The van der Waals surface area contributed by atoms with Gasteiger partial charge in [0.2, 0.25) is 5.88 Å². The third kappa shape index (κ3) is 3.59. The number of pyridine rings is 1. The first kappa shape index (κ1) is 16.9. The number of aromatic nitrogens is 3. The van der Waals surface area contributed by atoms with Crippen LogP contribution in [0.25, 0.3) is 11.4 Å². The monoisotopic (exact) mass is 355 g/mol. The van der Waals surface area contributed by atoms with Gasteiger partial charge >= 0.3 is 6.18 Å². The molecule has 0 amide bonds. The lowest BCUT2D eigenvalue weighted by Crippen LogP contribution is -2.06. The SMILES string of the molecule is Cn1nc(C(F)(F)F)cc1-c1cccc(Oc2ccc(F)cc2F)n1. The molecule has 2 heterocycles. The molecule has 2 aromatic heterocycles. The molecule has 0 N–H and O–H groups in total. The van der Waals surface area contributed by atoms with E-state index in [4.69, 9.17) is 4.74 Å². The highest BCUT2D eigenvalue weighted by atomic mass is 19.4. The van der Waals surface area contributed by atoms with Crippen LogP contribution in [0.15, 0.2) is 42.5 Å². The van der Waals surface area contributed by atoms with Gasteiger partial charge < -0.3 is 4.74 Å². The Labute approximate surface area is 138 Å². The summed E-state index contributed by atoms with van der Waals surface area (Å²) in [7, 11) is 1.35. The largest absolute Gasteiger partial charge is 0.436 e. The number of rotatable bonds is 3. The summed E-state index contributed by atoms with van der Waals surface area (Å²) in [5.41, 5.74) is -0.787. The normalized spacial score (nSPS) is 11.6. The van der Waals surface area contributed by atoms with Crippen LogP contribution >= 0.6 is 0 Å². The Kier molecular flexibility index (Phi) is 4.15. The molecule has 3 aromatic rings. The lowest BCUT2D eigenvalue weighted by atomic mass is 10.2. The van der Waals surface area contributed by atoms with Crippen LogP contribution in [0.1, 0.15) is 5.69 Å². The van der Waals surface area contributed by atoms with Crippen molar-refractivity contribution in [3.8, 4) is 23.0 Å². The van der Waals surface area contributed by atoms with E-state index in [1.165, 1.54) is 25.2 Å². The molecule has 0 atom stereocenters. The van der Waals surface area contributed by atoms with Crippen LogP contribution < -0.4 is 4.74 Å². The van der Waals surface area contributed by atoms with Crippen LogP contribution in [0, 0.1) is 11.6 Å². The molecule has 3 rings (SSSR count). The Bertz CT molecular complexity index is 920. The van der Waals surface area contributed by atoms with E-state index in [0.717, 1.165) is 22.9 Å². The topological polar surface area (TPSA) is 39.9 Å². The standard InChI is InChI=1S/C16H10F5N3O/c1-24-12(8-14(23-24)16(19,20)21)11-3-2-4-15(22-11)25-13-6-5-9(17)7-10(13)18/h2-8H,1H3. The first-order chi connectivity index (χ1) is 11.7. The van der Waals surface area contributed by atoms with E-state index in [1.54, 1.807) is 0 Å². The molecular formula is C16H10F5N3O. The maximum absolute atomic E-state index is 13.6. The van der Waals surface area contributed by atoms with Gasteiger partial charge in [-0.15, -0.1) is 0 Å². The van der Waals surface area contributed by atoms with Gasteiger partial charge in [0.25, 0.3) is 0 Å². The van der Waals surface area contributed by atoms with Gasteiger partial charge in [0.05, 0.1) is 11.4 Å². The molecule has 25 heavy (non-hydrogen) atoms. The van der Waals surface area contributed by atoms with Crippen molar-refractivity contribution in [2.75, 3.05) is 0 Å². The van der Waals surface area contributed by atoms with Gasteiger partial charge in [-0.1, -0.05) is 6.07 Å². The molecule has 0 aliphatic rings. The second-order valence-corrected chi connectivity index (χ2v) is 5.07. The number of benzene rings is 1. The summed E-state index contributed by atoms with van der Waals surface area (Å²) in [4.78, 5) is 4.05. The van der Waals surface area contributed by atoms with Crippen molar-refractivity contribution in [2.45, 2.75) is 6.18 Å². The van der Waals surface area contributed by atoms with Crippen molar-refractivity contribution >= 4 is 0 Å². The zero-order valence-corrected chi connectivity index (χ0v) is 12.7. The van der Waals surface area contributed by atoms with Crippen molar-refractivity contribution in [2.24, 2.45) is 7.05 Å². The minimum absolute atomic E-state index is 0.0576. The third-order valence-corrected chi connectivity index (χ3v) is 3.26. The van der Waals surface area contributed by atoms with Gasteiger partial charge in [0, 0.05) is 19.2 Å². The van der Waals surface area contributed by atoms with Gasteiger partial charge in [0.1, 0.15) is 5.82 Å². The van der Waals surface area contributed by atoms with E-state index >= 15 is 0 Å². The smallest absolute Gasteiger partial charge is 0.435 e. The molecule has 0 bridgehead atoms. The summed E-state index contributed by atoms with van der Waals surface area (Å²) < 4.78 is 71.0. The highest BCUT2D eigenvalue weighted by molar-refractivity contribution is 5.56. The Hall–Kier alpha value is -2.97. The molecule has 0 aliphatic heterocycles. The number of aryl methyl sites for hydroxylation is 1. The molecule has 0 saturated heterocycles. The van der Waals surface area contributed by atoms with E-state index in [0.29, 0.717) is 6.07 Å². The number of nitrogens with zero attached hydrogens (tertiary/aromatic N) is 3. The van der Waals surface area contributed by atoms with Crippen LogP contribution in [0.4, 0.5) is 22.0 Å². The summed E-state index contributed by atoms with van der Waals surface area (Å²) in [6.45, 7) is 0. The van der Waals surface area contributed by atoms with E-state index in [1.807, 2.05) is 0 Å². The Morgan fingerprint density at radius 3 is 2.44 bits per heavy atom. The fourth-order valence-electron chi connectivity index (χ4n) is 2.13. The van der Waals surface area contributed by atoms with Crippen LogP contribution in [0.3, 0.4) is 0 Å². The number of ether oxygens (including phenoxy) is 1. The molecular weight excluding hydrogens is 345 g/mol. The average molecular weight is 355 g/mol. The predicted octanol–water partition coefficient (Wildman–Crippen LogP) is 4.57. The molecule has 4 nitrogen and oxygen atoms in total. The third-order valence-electron chi connectivity index (χ3n) is 3.26. The molecule has 9 heteroatoms. The number of hydrogen-bond donors (Lipinski definition) is 0. The van der Waals surface area contributed by atoms with Gasteiger partial charge in [-0.25, -0.2) is 13.8 Å². The van der Waals surface area contributed by atoms with Crippen LogP contribution in [-0.2, 0) is 13.2 Å². The summed E-state index contributed by atoms with van der Waals surface area (Å²) in [5, 5.41) is 3.40. The fourth-order valence-corrected chi connectivity index (χ4v) is 2.13. The molecule has 0 saturated carbocycles. The van der Waals surface area contributed by atoms with Crippen molar-refractivity contribution in [1.29, 1.82) is 0 Å². The number of alkyl halides is 3. The zero-order chi connectivity index (χ0) is 18.2. The lowest BCUT2D eigenvalue weighted by Gasteiger charge is -2.07. The van der Waals surface area contributed by atoms with Gasteiger partial charge in [0.15, 0.2) is 17.3 Å². The summed E-state index contributed by atoms with van der Waals surface area (Å²) in [6, 6.07) is 7.95. The number of hydrogen-bond acceptors (Lipinski definition) is 3. The molecule has 0 radical (unpaired) electrons. The van der Waals surface area contributed by atoms with Crippen molar-refractivity contribution in [3.05, 3.63) is 59.8 Å². The van der Waals surface area contributed by atoms with Crippen molar-refractivity contribution < 1.29 is 26.7 Å². The van der Waals surface area contributed by atoms with Crippen LogP contribution in [0.2, 0.25) is 0 Å². The van der Waals surface area contributed by atoms with Gasteiger partial charge in [-0.2, -0.15) is 18.3 Å². The molecule has 0 spiro atoms. The summed E-state index contributed by atoms with van der Waals surface area (Å²) in [5.74, 6) is -2.00. The van der Waals surface area contributed by atoms with Crippen LogP contribution in [-0.4, -0.2) is 14.8 Å². The van der Waals surface area contributed by atoms with E-state index < -0.39 is 23.5 Å². The summed E-state index contributed by atoms with van der Waals surface area (Å²) >= 11 is 0. The van der Waals surface area contributed by atoms with E-state index in [9.17, 15) is 22.0 Å². The van der Waals surface area contributed by atoms with Crippen molar-refractivity contribution in [3.63, 3.8) is 0 Å². The Morgan fingerprint density at radius 2 is 1.80 bits per heavy atom. The molecule has 1 aromatic carbocycles. The lowest BCUT2D eigenvalue weighted by molar-refractivity contribution is -0.141. The highest BCUT2D eigenvalue weighted by Crippen LogP contribution is 2.32. The van der Waals surface area contributed by atoms with Gasteiger partial charge in [-0.3, -0.25) is 4.68 Å². The molecule has 130 valence electrons. The fraction of sp³-hybridized carbons (Fsp3) is 0.125. The maximum Gasteiger partial charge on any atom is 0.435 e. The zero-order valence-electron chi connectivity index (χ0n) is 12.7. The maximum atomic E-state index is 13.6. The first-order valence-corrected chi connectivity index (χ1v) is 6.95. The molecule has 0 unspecified atom stereocenters. The van der Waals surface area contributed by atoms with Gasteiger partial charge in [-0.05, 0) is 24.3 Å². The second-order valence-electron chi connectivity index (χ2n) is 5.07. The quantitative estimate of drug-likeness (QED) is 0.646. The van der Waals surface area contributed by atoms with E-state index in [-0.39, 0.29) is 23.0 Å². The Balaban J connectivity index is 1.93. The average Bonchev–Trinajstić information content (AvgIpc) is 2.93. The first-order valence-electron chi connectivity index (χ1n) is 6.95. The Morgan fingerprint density at radius 1 is 1.04 bits per heavy atom. The summed E-state index contributed by atoms with van der Waals surface area (Å²) in [6.07, 6.45) is -4.58. The minimum Gasteiger partial charge on any atom is -0.436 e. The predicted molar refractivity (Wildman–Crippen MR) is 77.9 cm³/mol.